The summed E-state index contributed by atoms with van der Waals surface area (Å²) in [4.78, 5) is 4.30. The predicted molar refractivity (Wildman–Crippen MR) is 74.3 cm³/mol. The van der Waals surface area contributed by atoms with Crippen molar-refractivity contribution in [2.75, 3.05) is 5.75 Å². The first kappa shape index (κ1) is 12.4. The van der Waals surface area contributed by atoms with Gasteiger partial charge in [0.25, 0.3) is 0 Å². The van der Waals surface area contributed by atoms with Crippen LogP contribution in [0.15, 0.2) is 36.5 Å². The zero-order valence-electron chi connectivity index (χ0n) is 10.1. The zero-order chi connectivity index (χ0) is 12.3. The predicted octanol–water partition coefficient (Wildman–Crippen LogP) is 3.41. The van der Waals surface area contributed by atoms with Gasteiger partial charge in [0.2, 0.25) is 0 Å². The van der Waals surface area contributed by atoms with Crippen LogP contribution in [0.4, 0.5) is 0 Å². The van der Waals surface area contributed by atoms with Gasteiger partial charge in [-0.05, 0) is 22.9 Å². The van der Waals surface area contributed by atoms with Crippen molar-refractivity contribution >= 4 is 22.7 Å². The molecule has 0 bridgehead atoms. The van der Waals surface area contributed by atoms with Crippen molar-refractivity contribution in [2.24, 2.45) is 0 Å². The van der Waals surface area contributed by atoms with Crippen LogP contribution in [0.25, 0.3) is 10.9 Å². The first-order valence-corrected chi connectivity index (χ1v) is 6.86. The zero-order valence-corrected chi connectivity index (χ0v) is 10.9. The fourth-order valence-electron chi connectivity index (χ4n) is 1.79. The average molecular weight is 247 g/mol. The Labute approximate surface area is 106 Å². The summed E-state index contributed by atoms with van der Waals surface area (Å²) in [5.74, 6) is 0.728. The Bertz CT molecular complexity index is 493. The van der Waals surface area contributed by atoms with E-state index in [0.29, 0.717) is 5.25 Å². The van der Waals surface area contributed by atoms with Crippen molar-refractivity contribution in [3.63, 3.8) is 0 Å². The molecule has 1 N–H and O–H groups in total. The van der Waals surface area contributed by atoms with Gasteiger partial charge < -0.3 is 5.11 Å². The lowest BCUT2D eigenvalue weighted by atomic mass is 10.0. The highest BCUT2D eigenvalue weighted by atomic mass is 32.2. The van der Waals surface area contributed by atoms with Crippen LogP contribution in [0.1, 0.15) is 25.5 Å². The summed E-state index contributed by atoms with van der Waals surface area (Å²) < 4.78 is 0. The molecule has 0 amide bonds. The molecule has 1 heterocycles. The topological polar surface area (TPSA) is 33.1 Å². The molecule has 0 radical (unpaired) electrons. The molecule has 0 aliphatic heterocycles. The number of benzene rings is 1. The third kappa shape index (κ3) is 2.99. The number of thioether (sulfide) groups is 1. The second-order valence-corrected chi connectivity index (χ2v) is 5.92. The van der Waals surface area contributed by atoms with Crippen LogP contribution in [-0.2, 0) is 0 Å². The molecule has 3 heteroatoms. The van der Waals surface area contributed by atoms with Gasteiger partial charge in [-0.2, -0.15) is 11.8 Å². The van der Waals surface area contributed by atoms with E-state index < -0.39 is 6.10 Å². The average Bonchev–Trinajstić information content (AvgIpc) is 2.35. The quantitative estimate of drug-likeness (QED) is 0.898. The van der Waals surface area contributed by atoms with E-state index >= 15 is 0 Å². The number of aromatic nitrogens is 1. The van der Waals surface area contributed by atoms with E-state index in [-0.39, 0.29) is 0 Å². The van der Waals surface area contributed by atoms with Crippen LogP contribution in [-0.4, -0.2) is 21.1 Å². The Hall–Kier alpha value is -1.06. The van der Waals surface area contributed by atoms with Crippen molar-refractivity contribution in [3.05, 3.63) is 42.1 Å². The van der Waals surface area contributed by atoms with Crippen molar-refractivity contribution in [1.82, 2.24) is 4.98 Å². The summed E-state index contributed by atoms with van der Waals surface area (Å²) in [6.07, 6.45) is 1.36. The lowest BCUT2D eigenvalue weighted by Gasteiger charge is -2.14. The molecule has 1 aromatic carbocycles. The summed E-state index contributed by atoms with van der Waals surface area (Å²) in [6, 6.07) is 9.83. The fourth-order valence-corrected chi connectivity index (χ4v) is 2.54. The molecule has 17 heavy (non-hydrogen) atoms. The van der Waals surface area contributed by atoms with Crippen LogP contribution in [0.3, 0.4) is 0 Å². The molecule has 0 aliphatic carbocycles. The minimum atomic E-state index is -0.421. The number of pyridine rings is 1. The molecule has 0 spiro atoms. The molecule has 2 nitrogen and oxygen atoms in total. The van der Waals surface area contributed by atoms with Crippen LogP contribution >= 0.6 is 11.8 Å². The molecular weight excluding hydrogens is 230 g/mol. The molecular formula is C14H17NOS. The van der Waals surface area contributed by atoms with Crippen LogP contribution in [0, 0.1) is 0 Å². The number of nitrogens with zero attached hydrogens (tertiary/aromatic N) is 1. The molecule has 1 unspecified atom stereocenters. The van der Waals surface area contributed by atoms with Gasteiger partial charge in [0.05, 0.1) is 11.6 Å². The summed E-state index contributed by atoms with van der Waals surface area (Å²) in [7, 11) is 0. The molecule has 2 aromatic rings. The van der Waals surface area contributed by atoms with E-state index in [9.17, 15) is 5.11 Å². The summed E-state index contributed by atoms with van der Waals surface area (Å²) in [5, 5.41) is 11.8. The third-order valence-electron chi connectivity index (χ3n) is 2.63. The maximum Gasteiger partial charge on any atom is 0.0887 e. The Morgan fingerprint density at radius 3 is 2.82 bits per heavy atom. The van der Waals surface area contributed by atoms with E-state index in [4.69, 9.17) is 0 Å². The number of fused-ring (bicyclic) bond motifs is 1. The standard InChI is InChI=1S/C14H17NOS/c1-10(2)17-9-14(16)12-5-3-7-13-11(12)6-4-8-15-13/h3-8,10,14,16H,9H2,1-2H3. The highest BCUT2D eigenvalue weighted by Gasteiger charge is 2.12. The Morgan fingerprint density at radius 2 is 2.06 bits per heavy atom. The van der Waals surface area contributed by atoms with E-state index in [0.717, 1.165) is 22.2 Å². The van der Waals surface area contributed by atoms with E-state index in [1.54, 1.807) is 18.0 Å². The molecule has 2 rings (SSSR count). The normalized spacial score (nSPS) is 13.2. The minimum Gasteiger partial charge on any atom is -0.388 e. The summed E-state index contributed by atoms with van der Waals surface area (Å²) in [6.45, 7) is 4.28. The smallest absolute Gasteiger partial charge is 0.0887 e. The second-order valence-electron chi connectivity index (χ2n) is 4.32. The van der Waals surface area contributed by atoms with Crippen molar-refractivity contribution in [3.8, 4) is 0 Å². The van der Waals surface area contributed by atoms with Gasteiger partial charge in [-0.15, -0.1) is 0 Å². The van der Waals surface area contributed by atoms with Crippen molar-refractivity contribution in [2.45, 2.75) is 25.2 Å². The SMILES string of the molecule is CC(C)SCC(O)c1cccc2ncccc12. The maximum absolute atomic E-state index is 10.2. The number of rotatable bonds is 4. The van der Waals surface area contributed by atoms with Crippen molar-refractivity contribution in [1.29, 1.82) is 0 Å². The molecule has 90 valence electrons. The highest BCUT2D eigenvalue weighted by molar-refractivity contribution is 7.99. The molecule has 0 saturated carbocycles. The van der Waals surface area contributed by atoms with Gasteiger partial charge in [-0.3, -0.25) is 4.98 Å². The van der Waals surface area contributed by atoms with E-state index in [1.165, 1.54) is 0 Å². The first-order valence-electron chi connectivity index (χ1n) is 5.82. The van der Waals surface area contributed by atoms with Gasteiger partial charge in [0, 0.05) is 17.3 Å². The number of aliphatic hydroxyl groups is 1. The van der Waals surface area contributed by atoms with Gasteiger partial charge in [0.1, 0.15) is 0 Å². The van der Waals surface area contributed by atoms with Gasteiger partial charge in [-0.25, -0.2) is 0 Å². The Morgan fingerprint density at radius 1 is 1.24 bits per heavy atom. The lowest BCUT2D eigenvalue weighted by Crippen LogP contribution is -2.04. The highest BCUT2D eigenvalue weighted by Crippen LogP contribution is 2.26. The van der Waals surface area contributed by atoms with Crippen molar-refractivity contribution < 1.29 is 5.11 Å². The van der Waals surface area contributed by atoms with Gasteiger partial charge in [-0.1, -0.05) is 32.0 Å². The van der Waals surface area contributed by atoms with E-state index in [2.05, 4.69) is 18.8 Å². The molecule has 0 aliphatic rings. The monoisotopic (exact) mass is 247 g/mol. The lowest BCUT2D eigenvalue weighted by molar-refractivity contribution is 0.205. The number of hydrogen-bond donors (Lipinski definition) is 1. The maximum atomic E-state index is 10.2. The van der Waals surface area contributed by atoms with Crippen LogP contribution in [0.2, 0.25) is 0 Å². The number of hydrogen-bond acceptors (Lipinski definition) is 3. The van der Waals surface area contributed by atoms with Crippen LogP contribution in [0.5, 0.6) is 0 Å². The largest absolute Gasteiger partial charge is 0.388 e. The Kier molecular flexibility index (Phi) is 4.02. The Balaban J connectivity index is 2.28. The summed E-state index contributed by atoms with van der Waals surface area (Å²) in [5.41, 5.74) is 1.92. The van der Waals surface area contributed by atoms with Gasteiger partial charge >= 0.3 is 0 Å². The first-order chi connectivity index (χ1) is 8.18. The molecule has 1 atom stereocenters. The molecule has 0 fully saturated rings. The molecule has 1 aromatic heterocycles. The third-order valence-corrected chi connectivity index (χ3v) is 3.80. The van der Waals surface area contributed by atoms with Crippen LogP contribution < -0.4 is 0 Å². The summed E-state index contributed by atoms with van der Waals surface area (Å²) >= 11 is 1.77. The number of aliphatic hydroxyl groups excluding tert-OH is 1. The fraction of sp³-hybridized carbons (Fsp3) is 0.357. The second kappa shape index (κ2) is 5.52. The van der Waals surface area contributed by atoms with E-state index in [1.807, 2.05) is 30.3 Å². The minimum absolute atomic E-state index is 0.421. The molecule has 0 saturated heterocycles. The van der Waals surface area contributed by atoms with Gasteiger partial charge in [0.15, 0.2) is 0 Å².